The molecule has 144 valence electrons. The van der Waals surface area contributed by atoms with Gasteiger partial charge in [-0.15, -0.1) is 0 Å². The number of carbonyl (C=O) groups is 2. The first kappa shape index (κ1) is 20.2. The maximum atomic E-state index is 12.5. The minimum atomic E-state index is -0.811. The van der Waals surface area contributed by atoms with Crippen LogP contribution in [0, 0.1) is 0 Å². The first-order valence-electron chi connectivity index (χ1n) is 9.22. The molecule has 26 heavy (non-hydrogen) atoms. The van der Waals surface area contributed by atoms with Gasteiger partial charge in [-0.1, -0.05) is 30.3 Å². The maximum Gasteiger partial charge on any atom is 0.410 e. The molecule has 1 fully saturated rings. The highest BCUT2D eigenvalue weighted by atomic mass is 16.6. The number of aliphatic carboxylic acids is 1. The summed E-state index contributed by atoms with van der Waals surface area (Å²) in [4.78, 5) is 27.3. The fraction of sp³-hybridized carbons (Fsp3) is 0.600. The van der Waals surface area contributed by atoms with Crippen molar-refractivity contribution in [3.63, 3.8) is 0 Å². The van der Waals surface area contributed by atoms with Gasteiger partial charge in [-0.2, -0.15) is 0 Å². The molecule has 0 spiro atoms. The quantitative estimate of drug-likeness (QED) is 0.729. The lowest BCUT2D eigenvalue weighted by atomic mass is 10.2. The summed E-state index contributed by atoms with van der Waals surface area (Å²) < 4.78 is 5.52. The van der Waals surface area contributed by atoms with Crippen LogP contribution in [-0.2, 0) is 16.1 Å². The maximum absolute atomic E-state index is 12.5. The Labute approximate surface area is 155 Å². The molecule has 0 aromatic heterocycles. The Bertz CT molecular complexity index is 594. The van der Waals surface area contributed by atoms with Crippen molar-refractivity contribution in [1.29, 1.82) is 0 Å². The highest BCUT2D eigenvalue weighted by molar-refractivity contribution is 5.69. The summed E-state index contributed by atoms with van der Waals surface area (Å²) in [6.45, 7) is 7.89. The molecular weight excluding hydrogens is 332 g/mol. The van der Waals surface area contributed by atoms with E-state index in [0.717, 1.165) is 18.4 Å². The molecule has 0 saturated heterocycles. The number of carboxylic acid groups (broad SMARTS) is 1. The Morgan fingerprint density at radius 3 is 2.31 bits per heavy atom. The van der Waals surface area contributed by atoms with Crippen LogP contribution >= 0.6 is 0 Å². The lowest BCUT2D eigenvalue weighted by Crippen LogP contribution is -2.43. The molecule has 1 aliphatic rings. The van der Waals surface area contributed by atoms with E-state index in [4.69, 9.17) is 9.84 Å². The van der Waals surface area contributed by atoms with E-state index in [2.05, 4.69) is 4.90 Å². The zero-order valence-corrected chi connectivity index (χ0v) is 16.0. The minimum absolute atomic E-state index is 0.0860. The first-order chi connectivity index (χ1) is 12.2. The number of carboxylic acids is 1. The van der Waals surface area contributed by atoms with Crippen LogP contribution < -0.4 is 0 Å². The second-order valence-electron chi connectivity index (χ2n) is 7.81. The van der Waals surface area contributed by atoms with E-state index < -0.39 is 11.6 Å². The molecule has 1 amide bonds. The van der Waals surface area contributed by atoms with Crippen LogP contribution in [-0.4, -0.2) is 58.2 Å². The zero-order valence-electron chi connectivity index (χ0n) is 16.0. The van der Waals surface area contributed by atoms with Crippen LogP contribution in [0.2, 0.25) is 0 Å². The van der Waals surface area contributed by atoms with Crippen molar-refractivity contribution in [1.82, 2.24) is 9.80 Å². The monoisotopic (exact) mass is 362 g/mol. The molecule has 2 rings (SSSR count). The van der Waals surface area contributed by atoms with Crippen LogP contribution in [0.25, 0.3) is 0 Å². The van der Waals surface area contributed by atoms with Gasteiger partial charge >= 0.3 is 12.1 Å². The van der Waals surface area contributed by atoms with Gasteiger partial charge in [0.1, 0.15) is 5.60 Å². The average molecular weight is 362 g/mol. The molecule has 1 aliphatic carbocycles. The highest BCUT2D eigenvalue weighted by Gasteiger charge is 2.35. The average Bonchev–Trinajstić information content (AvgIpc) is 3.36. The van der Waals surface area contributed by atoms with Crippen molar-refractivity contribution < 1.29 is 19.4 Å². The number of ether oxygens (including phenoxy) is 1. The van der Waals surface area contributed by atoms with E-state index >= 15 is 0 Å². The number of hydrogen-bond acceptors (Lipinski definition) is 4. The molecule has 0 atom stereocenters. The molecule has 1 saturated carbocycles. The van der Waals surface area contributed by atoms with E-state index in [1.165, 1.54) is 0 Å². The zero-order chi connectivity index (χ0) is 19.2. The van der Waals surface area contributed by atoms with Crippen LogP contribution in [0.15, 0.2) is 30.3 Å². The van der Waals surface area contributed by atoms with E-state index in [9.17, 15) is 9.59 Å². The Morgan fingerprint density at radius 1 is 1.12 bits per heavy atom. The minimum Gasteiger partial charge on any atom is -0.481 e. The van der Waals surface area contributed by atoms with Gasteiger partial charge in [-0.3, -0.25) is 9.69 Å². The molecule has 0 unspecified atom stereocenters. The Hall–Kier alpha value is -2.08. The van der Waals surface area contributed by atoms with Gasteiger partial charge in [0.25, 0.3) is 0 Å². The Morgan fingerprint density at radius 2 is 1.77 bits per heavy atom. The number of nitrogens with zero attached hydrogens (tertiary/aromatic N) is 2. The van der Waals surface area contributed by atoms with E-state index in [1.54, 1.807) is 4.90 Å². The van der Waals surface area contributed by atoms with Crippen molar-refractivity contribution >= 4 is 12.1 Å². The second kappa shape index (κ2) is 9.03. The molecule has 6 nitrogen and oxygen atoms in total. The summed E-state index contributed by atoms with van der Waals surface area (Å²) >= 11 is 0. The molecular formula is C20H30N2O4. The van der Waals surface area contributed by atoms with Crippen molar-refractivity contribution in [2.24, 2.45) is 0 Å². The third-order valence-electron chi connectivity index (χ3n) is 4.16. The summed E-state index contributed by atoms with van der Waals surface area (Å²) in [5.74, 6) is -0.811. The predicted molar refractivity (Wildman–Crippen MR) is 99.9 cm³/mol. The number of hydrogen-bond donors (Lipinski definition) is 1. The van der Waals surface area contributed by atoms with Crippen LogP contribution in [0.4, 0.5) is 4.79 Å². The van der Waals surface area contributed by atoms with Crippen molar-refractivity contribution in [3.8, 4) is 0 Å². The van der Waals surface area contributed by atoms with Gasteiger partial charge in [-0.25, -0.2) is 4.79 Å². The molecule has 1 aromatic rings. The number of rotatable bonds is 9. The topological polar surface area (TPSA) is 70.1 Å². The predicted octanol–water partition coefficient (Wildman–Crippen LogP) is 3.36. The Kier molecular flexibility index (Phi) is 7.03. The molecule has 0 heterocycles. The summed E-state index contributed by atoms with van der Waals surface area (Å²) in [7, 11) is 0. The lowest BCUT2D eigenvalue weighted by Gasteiger charge is -2.30. The number of amides is 1. The fourth-order valence-corrected chi connectivity index (χ4v) is 2.74. The van der Waals surface area contributed by atoms with Gasteiger partial charge in [0, 0.05) is 32.2 Å². The Balaban J connectivity index is 1.96. The van der Waals surface area contributed by atoms with E-state index in [0.29, 0.717) is 26.2 Å². The summed E-state index contributed by atoms with van der Waals surface area (Å²) in [5.41, 5.74) is 0.616. The van der Waals surface area contributed by atoms with Crippen molar-refractivity contribution in [2.75, 3.05) is 19.6 Å². The van der Waals surface area contributed by atoms with E-state index in [-0.39, 0.29) is 18.6 Å². The largest absolute Gasteiger partial charge is 0.481 e. The third-order valence-corrected chi connectivity index (χ3v) is 4.16. The standard InChI is InChI=1S/C20H30N2O4/c1-20(2,3)26-19(25)22(17-9-10-17)14-13-21(12-11-18(23)24)15-16-7-5-4-6-8-16/h4-8,17H,9-15H2,1-3H3,(H,23,24). The normalized spacial score (nSPS) is 14.3. The van der Waals surface area contributed by atoms with Crippen LogP contribution in [0.3, 0.4) is 0 Å². The fourth-order valence-electron chi connectivity index (χ4n) is 2.74. The van der Waals surface area contributed by atoms with Crippen LogP contribution in [0.5, 0.6) is 0 Å². The van der Waals surface area contributed by atoms with Crippen LogP contribution in [0.1, 0.15) is 45.6 Å². The number of benzene rings is 1. The lowest BCUT2D eigenvalue weighted by molar-refractivity contribution is -0.137. The smallest absolute Gasteiger partial charge is 0.410 e. The second-order valence-corrected chi connectivity index (χ2v) is 7.81. The van der Waals surface area contributed by atoms with Crippen molar-refractivity contribution in [3.05, 3.63) is 35.9 Å². The number of carbonyl (C=O) groups excluding carboxylic acids is 1. The van der Waals surface area contributed by atoms with Crippen molar-refractivity contribution in [2.45, 2.75) is 58.2 Å². The highest BCUT2D eigenvalue weighted by Crippen LogP contribution is 2.28. The van der Waals surface area contributed by atoms with Gasteiger partial charge in [0.2, 0.25) is 0 Å². The molecule has 0 bridgehead atoms. The van der Waals surface area contributed by atoms with Gasteiger partial charge in [0.05, 0.1) is 6.42 Å². The molecule has 0 aliphatic heterocycles. The summed E-state index contributed by atoms with van der Waals surface area (Å²) in [6, 6.07) is 10.2. The molecule has 1 aromatic carbocycles. The summed E-state index contributed by atoms with van der Waals surface area (Å²) in [6.07, 6.45) is 1.82. The van der Waals surface area contributed by atoms with Gasteiger partial charge in [-0.05, 0) is 39.2 Å². The summed E-state index contributed by atoms with van der Waals surface area (Å²) in [5, 5.41) is 9.01. The van der Waals surface area contributed by atoms with Gasteiger partial charge in [0.15, 0.2) is 0 Å². The van der Waals surface area contributed by atoms with E-state index in [1.807, 2.05) is 51.1 Å². The molecule has 1 N–H and O–H groups in total. The van der Waals surface area contributed by atoms with Gasteiger partial charge < -0.3 is 14.7 Å². The first-order valence-corrected chi connectivity index (χ1v) is 9.22. The molecule has 0 radical (unpaired) electrons. The third kappa shape index (κ3) is 7.44. The SMILES string of the molecule is CC(C)(C)OC(=O)N(CCN(CCC(=O)O)Cc1ccccc1)C1CC1. The molecule has 6 heteroatoms.